The molecule has 0 aliphatic carbocycles. The van der Waals surface area contributed by atoms with E-state index in [0.29, 0.717) is 0 Å². The van der Waals surface area contributed by atoms with Crippen molar-refractivity contribution >= 4 is 7.26 Å². The Kier molecular flexibility index (Phi) is 39.2. The molecule has 0 amide bonds. The first-order chi connectivity index (χ1) is 22.2. The summed E-state index contributed by atoms with van der Waals surface area (Å²) in [5, 5.41) is 0. The van der Waals surface area contributed by atoms with E-state index in [1.54, 1.807) is 50.3 Å². The quantitative estimate of drug-likeness (QED) is 0.0456. The van der Waals surface area contributed by atoms with E-state index < -0.39 is 7.26 Å². The topological polar surface area (TPSA) is 0 Å². The molecule has 0 fully saturated rings. The average molecular weight is 653 g/mol. The van der Waals surface area contributed by atoms with E-state index >= 15 is 0 Å². The first-order valence-corrected chi connectivity index (χ1v) is 25.1. The monoisotopic (exact) mass is 653 g/mol. The molecule has 0 heterocycles. The molecule has 1 heteroatoms. The Balaban J connectivity index is 4.56. The SMILES string of the molecule is CCCCCCCCCCCCC[PH](CCCCC)(CCCCCCCCCCCCC)CCCCCCCCCCCCC. The molecular formula is C44H93P. The fraction of sp³-hybridized carbons (Fsp3) is 1.00. The van der Waals surface area contributed by atoms with E-state index in [1.165, 1.54) is 205 Å². The van der Waals surface area contributed by atoms with Crippen LogP contribution in [-0.2, 0) is 0 Å². The smallest absolute Gasteiger partial charge is 0.0654 e. The van der Waals surface area contributed by atoms with Crippen LogP contribution in [0, 0.1) is 0 Å². The van der Waals surface area contributed by atoms with Gasteiger partial charge in [-0.25, -0.2) is 0 Å². The minimum atomic E-state index is -1.11. The van der Waals surface area contributed by atoms with E-state index in [0.717, 1.165) is 0 Å². The molecule has 0 aromatic heterocycles. The molecule has 0 bridgehead atoms. The van der Waals surface area contributed by atoms with Crippen LogP contribution in [0.1, 0.15) is 259 Å². The first kappa shape index (κ1) is 45.4. The van der Waals surface area contributed by atoms with Gasteiger partial charge in [0.2, 0.25) is 0 Å². The fourth-order valence-electron chi connectivity index (χ4n) is 7.99. The summed E-state index contributed by atoms with van der Waals surface area (Å²) in [5.74, 6) is 0. The molecule has 45 heavy (non-hydrogen) atoms. The Hall–Kier alpha value is 0.430. The van der Waals surface area contributed by atoms with Crippen LogP contribution in [0.4, 0.5) is 0 Å². The van der Waals surface area contributed by atoms with Crippen molar-refractivity contribution in [3.8, 4) is 0 Å². The molecule has 0 aliphatic rings. The van der Waals surface area contributed by atoms with Gasteiger partial charge in [-0.2, -0.15) is 0 Å². The van der Waals surface area contributed by atoms with Crippen molar-refractivity contribution in [1.29, 1.82) is 0 Å². The summed E-state index contributed by atoms with van der Waals surface area (Å²) in [7, 11) is -1.11. The second kappa shape index (κ2) is 38.9. The zero-order valence-corrected chi connectivity index (χ0v) is 33.8. The molecule has 0 N–H and O–H groups in total. The van der Waals surface area contributed by atoms with Gasteiger partial charge < -0.3 is 0 Å². The molecule has 0 saturated carbocycles. The minimum Gasteiger partial charge on any atom is -0.0654 e. The van der Waals surface area contributed by atoms with Crippen LogP contribution < -0.4 is 0 Å². The number of unbranched alkanes of at least 4 members (excludes halogenated alkanes) is 32. The summed E-state index contributed by atoms with van der Waals surface area (Å²) in [5.41, 5.74) is 0. The van der Waals surface area contributed by atoms with Crippen molar-refractivity contribution in [2.45, 2.75) is 259 Å². The molecule has 0 spiro atoms. The third-order valence-corrected chi connectivity index (χ3v) is 16.9. The Morgan fingerprint density at radius 3 is 0.511 bits per heavy atom. The average Bonchev–Trinajstić information content (AvgIpc) is 3.05. The van der Waals surface area contributed by atoms with Gasteiger partial charge in [0, 0.05) is 0 Å². The number of rotatable bonds is 40. The van der Waals surface area contributed by atoms with Gasteiger partial charge in [-0.3, -0.25) is 0 Å². The van der Waals surface area contributed by atoms with E-state index in [9.17, 15) is 0 Å². The Morgan fingerprint density at radius 2 is 0.311 bits per heavy atom. The Labute approximate surface area is 290 Å². The Morgan fingerprint density at radius 1 is 0.178 bits per heavy atom. The van der Waals surface area contributed by atoms with E-state index in [4.69, 9.17) is 0 Å². The standard InChI is InChI=1S/C44H93P/c1-5-9-13-16-19-22-25-28-31-34-38-42-45(41-37-12-8-4,43-39-35-32-29-26-23-20-17-14-10-6-2)44-40-36-33-30-27-24-21-18-15-11-7-3/h45H,5-44H2,1-4H3. The second-order valence-electron chi connectivity index (χ2n) is 15.8. The van der Waals surface area contributed by atoms with Gasteiger partial charge >= 0.3 is 270 Å². The molecule has 0 aliphatic heterocycles. The summed E-state index contributed by atoms with van der Waals surface area (Å²) in [4.78, 5) is 0. The van der Waals surface area contributed by atoms with Crippen LogP contribution >= 0.6 is 7.26 Å². The van der Waals surface area contributed by atoms with Crippen molar-refractivity contribution < 1.29 is 0 Å². The predicted octanol–water partition coefficient (Wildman–Crippen LogP) is 16.9. The van der Waals surface area contributed by atoms with Crippen LogP contribution in [0.15, 0.2) is 0 Å². The van der Waals surface area contributed by atoms with E-state index in [-0.39, 0.29) is 0 Å². The Bertz CT molecular complexity index is 449. The van der Waals surface area contributed by atoms with Crippen LogP contribution in [-0.4, -0.2) is 24.6 Å². The van der Waals surface area contributed by atoms with Crippen molar-refractivity contribution in [3.63, 3.8) is 0 Å². The van der Waals surface area contributed by atoms with Gasteiger partial charge in [0.05, 0.1) is 0 Å². The molecule has 0 nitrogen and oxygen atoms in total. The van der Waals surface area contributed by atoms with Crippen LogP contribution in [0.5, 0.6) is 0 Å². The maximum atomic E-state index is 2.42. The van der Waals surface area contributed by atoms with Crippen molar-refractivity contribution in [1.82, 2.24) is 0 Å². The van der Waals surface area contributed by atoms with Crippen molar-refractivity contribution in [2.24, 2.45) is 0 Å². The minimum absolute atomic E-state index is 1.11. The summed E-state index contributed by atoms with van der Waals surface area (Å²) >= 11 is 0. The summed E-state index contributed by atoms with van der Waals surface area (Å²) < 4.78 is 0. The zero-order valence-electron chi connectivity index (χ0n) is 32.8. The number of hydrogen-bond donors (Lipinski definition) is 0. The fourth-order valence-corrected chi connectivity index (χ4v) is 13.5. The van der Waals surface area contributed by atoms with Gasteiger partial charge in [0.15, 0.2) is 0 Å². The number of hydrogen-bond acceptors (Lipinski definition) is 0. The molecule has 0 unspecified atom stereocenters. The van der Waals surface area contributed by atoms with Gasteiger partial charge in [0.25, 0.3) is 0 Å². The first-order valence-electron chi connectivity index (χ1n) is 22.2. The van der Waals surface area contributed by atoms with E-state index in [1.807, 2.05) is 0 Å². The summed E-state index contributed by atoms with van der Waals surface area (Å²) in [6.07, 6.45) is 60.4. The predicted molar refractivity (Wildman–Crippen MR) is 217 cm³/mol. The van der Waals surface area contributed by atoms with E-state index in [2.05, 4.69) is 27.7 Å². The van der Waals surface area contributed by atoms with Gasteiger partial charge in [-0.05, 0) is 0 Å². The normalized spacial score (nSPS) is 12.4. The van der Waals surface area contributed by atoms with Crippen LogP contribution in [0.25, 0.3) is 0 Å². The molecule has 0 rings (SSSR count). The molecule has 0 atom stereocenters. The van der Waals surface area contributed by atoms with Crippen LogP contribution in [0.2, 0.25) is 0 Å². The van der Waals surface area contributed by atoms with Crippen LogP contribution in [0.3, 0.4) is 0 Å². The summed E-state index contributed by atoms with van der Waals surface area (Å²) in [6.45, 7) is 9.41. The third-order valence-electron chi connectivity index (χ3n) is 11.2. The molecule has 0 saturated heterocycles. The van der Waals surface area contributed by atoms with Gasteiger partial charge in [0.1, 0.15) is 0 Å². The van der Waals surface area contributed by atoms with Gasteiger partial charge in [-0.1, -0.05) is 20.8 Å². The maximum absolute atomic E-state index is 2.42. The molecule has 0 aromatic carbocycles. The summed E-state index contributed by atoms with van der Waals surface area (Å²) in [6, 6.07) is 0. The third kappa shape index (κ3) is 34.1. The molecular weight excluding hydrogens is 559 g/mol. The van der Waals surface area contributed by atoms with Crippen molar-refractivity contribution in [3.05, 3.63) is 0 Å². The van der Waals surface area contributed by atoms with Crippen molar-refractivity contribution in [2.75, 3.05) is 24.6 Å². The molecule has 0 radical (unpaired) electrons. The second-order valence-corrected chi connectivity index (χ2v) is 20.8. The molecule has 0 aromatic rings. The zero-order chi connectivity index (χ0) is 32.8. The molecule has 274 valence electrons. The van der Waals surface area contributed by atoms with Gasteiger partial charge in [-0.15, -0.1) is 0 Å².